The summed E-state index contributed by atoms with van der Waals surface area (Å²) in [4.78, 5) is 27.8. The maximum absolute atomic E-state index is 10.9. The van der Waals surface area contributed by atoms with E-state index in [2.05, 4.69) is 20.0 Å². The molecule has 70 valence electrons. The van der Waals surface area contributed by atoms with Crippen molar-refractivity contribution in [3.8, 4) is 0 Å². The Bertz CT molecular complexity index is 331. The first-order valence-corrected chi connectivity index (χ1v) is 3.54. The van der Waals surface area contributed by atoms with Gasteiger partial charge in [-0.05, 0) is 0 Å². The molecule has 0 unspecified atom stereocenters. The molecular weight excluding hydrogens is 174 g/mol. The van der Waals surface area contributed by atoms with Gasteiger partial charge in [-0.2, -0.15) is 0 Å². The molecule has 0 radical (unpaired) electrons. The number of aromatic nitrogens is 2. The van der Waals surface area contributed by atoms with Crippen molar-refractivity contribution in [3.63, 3.8) is 0 Å². The third kappa shape index (κ3) is 2.29. The highest BCUT2D eigenvalue weighted by Crippen LogP contribution is 2.02. The minimum atomic E-state index is -0.524. The number of carbonyl (C=O) groups is 2. The molecule has 0 aliphatic heterocycles. The third-order valence-corrected chi connectivity index (χ3v) is 1.28. The van der Waals surface area contributed by atoms with Crippen LogP contribution in [0, 0.1) is 0 Å². The Kier molecular flexibility index (Phi) is 2.63. The van der Waals surface area contributed by atoms with Gasteiger partial charge in [0.2, 0.25) is 11.9 Å². The van der Waals surface area contributed by atoms with Crippen LogP contribution in [0.1, 0.15) is 17.4 Å². The number of anilines is 1. The van der Waals surface area contributed by atoms with Crippen LogP contribution in [0.25, 0.3) is 0 Å². The van der Waals surface area contributed by atoms with Gasteiger partial charge in [0.15, 0.2) is 0 Å². The van der Waals surface area contributed by atoms with E-state index in [1.807, 2.05) is 0 Å². The van der Waals surface area contributed by atoms with Crippen molar-refractivity contribution >= 4 is 17.8 Å². The summed E-state index contributed by atoms with van der Waals surface area (Å²) in [5, 5.41) is 2.39. The molecule has 0 saturated heterocycles. The predicted octanol–water partition coefficient (Wildman–Crippen LogP) is 0.155. The summed E-state index contributed by atoms with van der Waals surface area (Å²) in [7, 11) is 1.27. The number of nitrogens with one attached hydrogen (secondary N) is 2. The Morgan fingerprint density at radius 1 is 1.62 bits per heavy atom. The Hall–Kier alpha value is -1.85. The molecule has 6 nitrogen and oxygen atoms in total. The van der Waals surface area contributed by atoms with Gasteiger partial charge in [-0.3, -0.25) is 10.1 Å². The molecule has 0 atom stereocenters. The minimum absolute atomic E-state index is 0.200. The molecule has 0 bridgehead atoms. The zero-order chi connectivity index (χ0) is 9.84. The van der Waals surface area contributed by atoms with Gasteiger partial charge >= 0.3 is 5.97 Å². The topological polar surface area (TPSA) is 84.1 Å². The van der Waals surface area contributed by atoms with Crippen LogP contribution in [0.3, 0.4) is 0 Å². The maximum Gasteiger partial charge on any atom is 0.356 e. The van der Waals surface area contributed by atoms with Crippen LogP contribution in [0.2, 0.25) is 0 Å². The first-order chi connectivity index (χ1) is 6.13. The van der Waals surface area contributed by atoms with E-state index in [0.717, 1.165) is 0 Å². The molecule has 1 heterocycles. The van der Waals surface area contributed by atoms with E-state index in [-0.39, 0.29) is 17.5 Å². The standard InChI is InChI=1S/C7H9N3O3/c1-4(11)9-7-8-3-5(10-7)6(12)13-2/h3H,1-2H3,(H2,8,9,10,11). The molecule has 0 aliphatic rings. The summed E-state index contributed by atoms with van der Waals surface area (Å²) < 4.78 is 4.43. The number of hydrogen-bond acceptors (Lipinski definition) is 4. The fourth-order valence-corrected chi connectivity index (χ4v) is 0.765. The molecule has 1 aromatic rings. The summed E-state index contributed by atoms with van der Waals surface area (Å²) in [6.45, 7) is 1.35. The lowest BCUT2D eigenvalue weighted by atomic mass is 10.5. The molecule has 1 amide bonds. The highest BCUT2D eigenvalue weighted by Gasteiger charge is 2.09. The van der Waals surface area contributed by atoms with Crippen LogP contribution < -0.4 is 5.32 Å². The molecule has 0 spiro atoms. The van der Waals surface area contributed by atoms with Crippen LogP contribution in [-0.4, -0.2) is 29.0 Å². The number of imidazole rings is 1. The molecule has 1 aromatic heterocycles. The lowest BCUT2D eigenvalue weighted by Crippen LogP contribution is -2.07. The van der Waals surface area contributed by atoms with Gasteiger partial charge in [0.1, 0.15) is 5.69 Å². The second-order valence-corrected chi connectivity index (χ2v) is 2.32. The van der Waals surface area contributed by atoms with Crippen LogP contribution in [0.4, 0.5) is 5.95 Å². The first-order valence-electron chi connectivity index (χ1n) is 3.54. The quantitative estimate of drug-likeness (QED) is 0.639. The summed E-state index contributed by atoms with van der Waals surface area (Å²) in [6.07, 6.45) is 1.29. The van der Waals surface area contributed by atoms with E-state index >= 15 is 0 Å². The van der Waals surface area contributed by atoms with Crippen LogP contribution in [-0.2, 0) is 9.53 Å². The number of hydrogen-bond donors (Lipinski definition) is 2. The van der Waals surface area contributed by atoms with E-state index in [9.17, 15) is 9.59 Å². The number of carbonyl (C=O) groups excluding carboxylic acids is 2. The zero-order valence-electron chi connectivity index (χ0n) is 7.25. The maximum atomic E-state index is 10.9. The Morgan fingerprint density at radius 3 is 2.85 bits per heavy atom. The number of amides is 1. The lowest BCUT2D eigenvalue weighted by Gasteiger charge is -1.95. The highest BCUT2D eigenvalue weighted by atomic mass is 16.5. The van der Waals surface area contributed by atoms with Crippen molar-refractivity contribution in [2.24, 2.45) is 0 Å². The SMILES string of the molecule is COC(=O)c1cnc(NC(C)=O)[nH]1. The average Bonchev–Trinajstić information content (AvgIpc) is 2.50. The minimum Gasteiger partial charge on any atom is -0.464 e. The van der Waals surface area contributed by atoms with Gasteiger partial charge < -0.3 is 9.72 Å². The van der Waals surface area contributed by atoms with Crippen molar-refractivity contribution in [2.75, 3.05) is 12.4 Å². The van der Waals surface area contributed by atoms with Crippen LogP contribution in [0.15, 0.2) is 6.20 Å². The number of aromatic amines is 1. The third-order valence-electron chi connectivity index (χ3n) is 1.28. The Balaban J connectivity index is 2.74. The van der Waals surface area contributed by atoms with Gasteiger partial charge in [0.05, 0.1) is 13.3 Å². The summed E-state index contributed by atoms with van der Waals surface area (Å²) in [5.74, 6) is -0.553. The molecule has 0 aromatic carbocycles. The van der Waals surface area contributed by atoms with Crippen LogP contribution in [0.5, 0.6) is 0 Å². The normalized spacial score (nSPS) is 9.38. The number of nitrogens with zero attached hydrogens (tertiary/aromatic N) is 1. The largest absolute Gasteiger partial charge is 0.464 e. The number of ether oxygens (including phenoxy) is 1. The van der Waals surface area contributed by atoms with E-state index in [1.54, 1.807) is 0 Å². The molecule has 13 heavy (non-hydrogen) atoms. The van der Waals surface area contributed by atoms with Crippen molar-refractivity contribution in [3.05, 3.63) is 11.9 Å². The van der Waals surface area contributed by atoms with E-state index in [1.165, 1.54) is 20.2 Å². The molecule has 2 N–H and O–H groups in total. The lowest BCUT2D eigenvalue weighted by molar-refractivity contribution is -0.114. The second-order valence-electron chi connectivity index (χ2n) is 2.32. The van der Waals surface area contributed by atoms with Gasteiger partial charge in [-0.25, -0.2) is 9.78 Å². The smallest absolute Gasteiger partial charge is 0.356 e. The Morgan fingerprint density at radius 2 is 2.31 bits per heavy atom. The van der Waals surface area contributed by atoms with Crippen molar-refractivity contribution in [1.82, 2.24) is 9.97 Å². The molecule has 0 aliphatic carbocycles. The van der Waals surface area contributed by atoms with Gasteiger partial charge in [0, 0.05) is 6.92 Å². The monoisotopic (exact) mass is 183 g/mol. The number of rotatable bonds is 2. The average molecular weight is 183 g/mol. The van der Waals surface area contributed by atoms with E-state index < -0.39 is 5.97 Å². The molecule has 6 heteroatoms. The fourth-order valence-electron chi connectivity index (χ4n) is 0.765. The van der Waals surface area contributed by atoms with Crippen molar-refractivity contribution in [1.29, 1.82) is 0 Å². The number of methoxy groups -OCH3 is 1. The van der Waals surface area contributed by atoms with Gasteiger partial charge in [0.25, 0.3) is 0 Å². The summed E-state index contributed by atoms with van der Waals surface area (Å²) >= 11 is 0. The first kappa shape index (κ1) is 9.24. The van der Waals surface area contributed by atoms with E-state index in [0.29, 0.717) is 0 Å². The number of esters is 1. The Labute approximate surface area is 74.3 Å². The van der Waals surface area contributed by atoms with Crippen molar-refractivity contribution < 1.29 is 14.3 Å². The van der Waals surface area contributed by atoms with E-state index in [4.69, 9.17) is 0 Å². The second kappa shape index (κ2) is 3.70. The molecular formula is C7H9N3O3. The van der Waals surface area contributed by atoms with Gasteiger partial charge in [-0.1, -0.05) is 0 Å². The zero-order valence-corrected chi connectivity index (χ0v) is 7.25. The molecule has 1 rings (SSSR count). The summed E-state index contributed by atoms with van der Waals surface area (Å²) in [5.41, 5.74) is 0.200. The van der Waals surface area contributed by atoms with Gasteiger partial charge in [-0.15, -0.1) is 0 Å². The summed E-state index contributed by atoms with van der Waals surface area (Å²) in [6, 6.07) is 0. The molecule has 0 fully saturated rings. The molecule has 0 saturated carbocycles. The highest BCUT2D eigenvalue weighted by molar-refractivity contribution is 5.90. The fraction of sp³-hybridized carbons (Fsp3) is 0.286. The van der Waals surface area contributed by atoms with Crippen molar-refractivity contribution in [2.45, 2.75) is 6.92 Å². The predicted molar refractivity (Wildman–Crippen MR) is 44.2 cm³/mol. The van der Waals surface area contributed by atoms with Crippen LogP contribution >= 0.6 is 0 Å². The number of H-pyrrole nitrogens is 1.